The smallest absolute Gasteiger partial charge is 0.180 e. The Morgan fingerprint density at radius 3 is 1.54 bits per heavy atom. The van der Waals surface area contributed by atoms with Gasteiger partial charge in [-0.1, -0.05) is 212 Å². The average molecular weight is 921 g/mol. The van der Waals surface area contributed by atoms with E-state index in [1.807, 2.05) is 0 Å². The predicted octanol–water partition coefficient (Wildman–Crippen LogP) is 14.6. The second-order valence-electron chi connectivity index (χ2n) is 19.3. The minimum atomic E-state index is -2.92. The number of para-hydroxylation sites is 2. The number of hydrogen-bond acceptors (Lipinski definition) is 1. The molecule has 3 heteroatoms. The lowest BCUT2D eigenvalue weighted by Crippen LogP contribution is -2.72. The summed E-state index contributed by atoms with van der Waals surface area (Å²) in [6.07, 6.45) is 0. The Kier molecular flexibility index (Phi) is 9.39. The molecule has 71 heavy (non-hydrogen) atoms. The maximum atomic E-state index is 2.55. The number of nitrogens with zero attached hydrogens (tertiary/aromatic N) is 2. The maximum Gasteiger partial charge on any atom is 0.180 e. The van der Waals surface area contributed by atoms with E-state index in [4.69, 9.17) is 0 Å². The number of anilines is 3. The molecular formula is C68H48N2Si. The SMILES string of the molecule is CC1(c2ccccc2)c2ccccc2-c2ccc(N(c3ccc(-n4c5ccccc5c5ccccc54)cc3)c3cc(-c4ccccc4)cc([Si]4(c5ccccc5)c5ccccc5-c5ccccc54)c3)cc21. The highest BCUT2D eigenvalue weighted by molar-refractivity contribution is 7.22. The third kappa shape index (κ3) is 6.13. The van der Waals surface area contributed by atoms with Gasteiger partial charge in [-0.05, 0) is 138 Å². The molecule has 0 saturated heterocycles. The molecule has 0 N–H and O–H groups in total. The normalized spacial score (nSPS) is 15.0. The van der Waals surface area contributed by atoms with Gasteiger partial charge in [0.05, 0.1) is 11.0 Å². The summed E-state index contributed by atoms with van der Waals surface area (Å²) in [5.74, 6) is 0. The molecule has 0 saturated carbocycles. The summed E-state index contributed by atoms with van der Waals surface area (Å²) in [4.78, 5) is 2.53. The number of benzene rings is 11. The molecule has 2 heterocycles. The van der Waals surface area contributed by atoms with Crippen molar-refractivity contribution in [2.75, 3.05) is 4.90 Å². The third-order valence-electron chi connectivity index (χ3n) is 15.7. The molecule has 0 radical (unpaired) electrons. The number of rotatable bonds is 8. The molecule has 1 aliphatic heterocycles. The minimum Gasteiger partial charge on any atom is -0.310 e. The highest BCUT2D eigenvalue weighted by atomic mass is 28.3. The Bertz CT molecular complexity index is 3910. The molecular weight excluding hydrogens is 873 g/mol. The zero-order valence-corrected chi connectivity index (χ0v) is 40.4. The van der Waals surface area contributed by atoms with Crippen molar-refractivity contribution in [2.24, 2.45) is 0 Å². The molecule has 0 spiro atoms. The highest BCUT2D eigenvalue weighted by Crippen LogP contribution is 2.54. The Labute approximate surface area is 416 Å². The van der Waals surface area contributed by atoms with E-state index in [0.717, 1.165) is 22.7 Å². The average Bonchev–Trinajstić information content (AvgIpc) is 4.04. The molecule has 2 nitrogen and oxygen atoms in total. The van der Waals surface area contributed by atoms with Gasteiger partial charge in [0, 0.05) is 38.9 Å². The Balaban J connectivity index is 1.05. The number of aromatic nitrogens is 1. The van der Waals surface area contributed by atoms with Gasteiger partial charge in [-0.15, -0.1) is 0 Å². The molecule has 334 valence electrons. The summed E-state index contributed by atoms with van der Waals surface area (Å²) in [5.41, 5.74) is 18.0. The topological polar surface area (TPSA) is 8.17 Å². The van der Waals surface area contributed by atoms with E-state index in [0.29, 0.717) is 0 Å². The van der Waals surface area contributed by atoms with Gasteiger partial charge >= 0.3 is 0 Å². The summed E-state index contributed by atoms with van der Waals surface area (Å²) in [6.45, 7) is 2.42. The minimum absolute atomic E-state index is 0.367. The lowest BCUT2D eigenvalue weighted by atomic mass is 9.74. The van der Waals surface area contributed by atoms with Crippen LogP contribution in [0.25, 0.3) is 60.9 Å². The molecule has 0 amide bonds. The van der Waals surface area contributed by atoms with Gasteiger partial charge in [-0.25, -0.2) is 0 Å². The van der Waals surface area contributed by atoms with Gasteiger partial charge in [0.1, 0.15) is 0 Å². The van der Waals surface area contributed by atoms with Crippen LogP contribution in [-0.4, -0.2) is 12.6 Å². The van der Waals surface area contributed by atoms with Crippen LogP contribution in [0.4, 0.5) is 17.1 Å². The van der Waals surface area contributed by atoms with Crippen molar-refractivity contribution in [3.8, 4) is 39.1 Å². The third-order valence-corrected chi connectivity index (χ3v) is 20.6. The van der Waals surface area contributed by atoms with Gasteiger partial charge in [0.25, 0.3) is 0 Å². The fourth-order valence-corrected chi connectivity index (χ4v) is 17.8. The molecule has 11 aromatic carbocycles. The quantitative estimate of drug-likeness (QED) is 0.138. The molecule has 1 unspecified atom stereocenters. The molecule has 0 fully saturated rings. The highest BCUT2D eigenvalue weighted by Gasteiger charge is 2.49. The fourth-order valence-electron chi connectivity index (χ4n) is 12.6. The van der Waals surface area contributed by atoms with E-state index < -0.39 is 8.07 Å². The first kappa shape index (κ1) is 41.2. The summed E-state index contributed by atoms with van der Waals surface area (Å²) in [6, 6.07) is 102. The predicted molar refractivity (Wildman–Crippen MR) is 301 cm³/mol. The summed E-state index contributed by atoms with van der Waals surface area (Å²) >= 11 is 0. The first-order valence-electron chi connectivity index (χ1n) is 24.8. The van der Waals surface area contributed by atoms with E-state index in [2.05, 4.69) is 289 Å². The standard InChI is InChI=1S/C68H48N2Si/c1-68(49-23-7-3-8-24-49)62-32-16-11-27-56(62)57-42-41-52(46-63(57)68)69(50-37-39-51(40-38-50)70-64-33-17-12-28-58(64)59-29-13-18-34-65(59)70)53-43-48(47-21-5-2-6-22-47)44-55(45-53)71(54-25-9-4-10-26-54)66-35-19-14-30-60(66)61-31-15-20-36-67(61)71/h2-46H,1H3. The van der Waals surface area contributed by atoms with Crippen molar-refractivity contribution < 1.29 is 0 Å². The Hall–Kier alpha value is -8.76. The van der Waals surface area contributed by atoms with Gasteiger partial charge in [0.2, 0.25) is 0 Å². The molecule has 14 rings (SSSR count). The first-order chi connectivity index (χ1) is 35.1. The lowest BCUT2D eigenvalue weighted by Gasteiger charge is -2.34. The molecule has 1 aliphatic carbocycles. The first-order valence-corrected chi connectivity index (χ1v) is 26.8. The second kappa shape index (κ2) is 16.2. The number of hydrogen-bond donors (Lipinski definition) is 0. The van der Waals surface area contributed by atoms with Gasteiger partial charge in [0.15, 0.2) is 8.07 Å². The van der Waals surface area contributed by atoms with Crippen LogP contribution >= 0.6 is 0 Å². The zero-order chi connectivity index (χ0) is 47.1. The van der Waals surface area contributed by atoms with Crippen molar-refractivity contribution >= 4 is 67.7 Å². The number of fused-ring (bicyclic) bond motifs is 9. The Morgan fingerprint density at radius 1 is 0.352 bits per heavy atom. The van der Waals surface area contributed by atoms with Crippen molar-refractivity contribution in [3.63, 3.8) is 0 Å². The molecule has 0 bridgehead atoms. The lowest BCUT2D eigenvalue weighted by molar-refractivity contribution is 0.714. The van der Waals surface area contributed by atoms with Crippen molar-refractivity contribution in [3.05, 3.63) is 290 Å². The molecule has 1 aromatic heterocycles. The van der Waals surface area contributed by atoms with Gasteiger partial charge in [-0.2, -0.15) is 0 Å². The van der Waals surface area contributed by atoms with Gasteiger partial charge in [-0.3, -0.25) is 0 Å². The summed E-state index contributed by atoms with van der Waals surface area (Å²) in [7, 11) is -2.92. The van der Waals surface area contributed by atoms with Crippen molar-refractivity contribution in [2.45, 2.75) is 12.3 Å². The van der Waals surface area contributed by atoms with Crippen LogP contribution in [0.15, 0.2) is 273 Å². The maximum absolute atomic E-state index is 2.92. The van der Waals surface area contributed by atoms with Crippen LogP contribution in [0.3, 0.4) is 0 Å². The van der Waals surface area contributed by atoms with E-state index in [1.54, 1.807) is 0 Å². The van der Waals surface area contributed by atoms with E-state index in [-0.39, 0.29) is 5.41 Å². The van der Waals surface area contributed by atoms with Crippen molar-refractivity contribution in [1.29, 1.82) is 0 Å². The summed E-state index contributed by atoms with van der Waals surface area (Å²) < 4.78 is 2.41. The van der Waals surface area contributed by atoms with Crippen molar-refractivity contribution in [1.82, 2.24) is 4.57 Å². The van der Waals surface area contributed by atoms with Crippen LogP contribution in [0.1, 0.15) is 23.6 Å². The monoisotopic (exact) mass is 920 g/mol. The largest absolute Gasteiger partial charge is 0.310 e. The summed E-state index contributed by atoms with van der Waals surface area (Å²) in [5, 5.41) is 8.10. The van der Waals surface area contributed by atoms with E-state index >= 15 is 0 Å². The molecule has 12 aromatic rings. The zero-order valence-electron chi connectivity index (χ0n) is 39.4. The van der Waals surface area contributed by atoms with Crippen LogP contribution in [0, 0.1) is 0 Å². The second-order valence-corrected chi connectivity index (χ2v) is 23.1. The molecule has 2 aliphatic rings. The van der Waals surface area contributed by atoms with Crippen LogP contribution < -0.4 is 25.6 Å². The van der Waals surface area contributed by atoms with Crippen LogP contribution in [0.5, 0.6) is 0 Å². The van der Waals surface area contributed by atoms with E-state index in [1.165, 1.54) is 92.6 Å². The van der Waals surface area contributed by atoms with Crippen LogP contribution in [-0.2, 0) is 5.41 Å². The van der Waals surface area contributed by atoms with Crippen LogP contribution in [0.2, 0.25) is 0 Å². The molecule has 1 atom stereocenters. The van der Waals surface area contributed by atoms with E-state index in [9.17, 15) is 0 Å². The van der Waals surface area contributed by atoms with Gasteiger partial charge < -0.3 is 9.47 Å². The fraction of sp³-hybridized carbons (Fsp3) is 0.0294. The Morgan fingerprint density at radius 2 is 0.873 bits per heavy atom.